The van der Waals surface area contributed by atoms with Crippen LogP contribution in [0, 0.1) is 17.8 Å². The number of benzene rings is 1. The molecule has 0 aliphatic carbocycles. The number of thioether (sulfide) groups is 1. The van der Waals surface area contributed by atoms with E-state index in [0.29, 0.717) is 24.3 Å². The fraction of sp³-hybridized carbons (Fsp3) is 0.577. The lowest BCUT2D eigenvalue weighted by Crippen LogP contribution is -2.58. The zero-order valence-electron chi connectivity index (χ0n) is 20.6. The predicted molar refractivity (Wildman–Crippen MR) is 134 cm³/mol. The molecule has 1 aromatic rings. The standard InChI is InChI=1S/C26H34N2O6S/c1-6-13-27(16-7-9-17(34-5)10-8-16)23(31)21-26-12-11-25(4,35-26)20(24(32)33)19(26)22(30)28(21)18(14-29)15(2)3/h6-10,15,18-21,29H,1,11-14H2,2-5H3,(H,32,33)/t18-,19-,20-,21?,25+,26?/m0/s1. The Bertz CT molecular complexity index is 1030. The number of likely N-dealkylation sites (tertiary alicyclic amines) is 1. The summed E-state index contributed by atoms with van der Waals surface area (Å²) in [5.41, 5.74) is 0.631. The summed E-state index contributed by atoms with van der Waals surface area (Å²) in [6.07, 6.45) is 2.82. The Morgan fingerprint density at radius 1 is 1.31 bits per heavy atom. The Balaban J connectivity index is 1.85. The Hall–Kier alpha value is -2.52. The van der Waals surface area contributed by atoms with Gasteiger partial charge < -0.3 is 24.7 Å². The maximum absolute atomic E-state index is 14.4. The van der Waals surface area contributed by atoms with Crippen LogP contribution in [0.15, 0.2) is 36.9 Å². The monoisotopic (exact) mass is 502 g/mol. The van der Waals surface area contributed by atoms with Gasteiger partial charge in [0.05, 0.1) is 36.3 Å². The smallest absolute Gasteiger partial charge is 0.308 e. The van der Waals surface area contributed by atoms with Crippen LogP contribution in [-0.4, -0.2) is 74.7 Å². The molecule has 3 fully saturated rings. The van der Waals surface area contributed by atoms with E-state index in [1.807, 2.05) is 20.8 Å². The molecular weight excluding hydrogens is 468 g/mol. The first-order chi connectivity index (χ1) is 16.6. The third kappa shape index (κ3) is 3.74. The van der Waals surface area contributed by atoms with Gasteiger partial charge in [0, 0.05) is 17.0 Å². The number of aliphatic carboxylic acids is 1. The lowest BCUT2D eigenvalue weighted by atomic mass is 9.66. The summed E-state index contributed by atoms with van der Waals surface area (Å²) in [4.78, 5) is 43.9. The van der Waals surface area contributed by atoms with Crippen LogP contribution in [0.3, 0.4) is 0 Å². The molecule has 2 bridgehead atoms. The topological polar surface area (TPSA) is 107 Å². The third-order valence-electron chi connectivity index (χ3n) is 7.99. The molecule has 35 heavy (non-hydrogen) atoms. The van der Waals surface area contributed by atoms with Crippen molar-refractivity contribution in [3.8, 4) is 5.75 Å². The molecule has 3 aliphatic heterocycles. The third-order valence-corrected chi connectivity index (χ3v) is 9.98. The number of rotatable bonds is 9. The van der Waals surface area contributed by atoms with Gasteiger partial charge in [-0.2, -0.15) is 0 Å². The number of carboxylic acids is 1. The molecule has 8 nitrogen and oxygen atoms in total. The SMILES string of the molecule is C=CCN(C(=O)C1N([C@@H](CO)C(C)C)C(=O)[C@@H]2[C@@H](C(=O)O)[C@@]3(C)CCC12S3)c1ccc(OC)cc1. The average Bonchev–Trinajstić information content (AvgIpc) is 3.38. The van der Waals surface area contributed by atoms with Gasteiger partial charge >= 0.3 is 5.97 Å². The molecular formula is C26H34N2O6S. The summed E-state index contributed by atoms with van der Waals surface area (Å²) in [5, 5.41) is 20.4. The van der Waals surface area contributed by atoms with Crippen molar-refractivity contribution in [1.29, 1.82) is 0 Å². The van der Waals surface area contributed by atoms with E-state index in [-0.39, 0.29) is 30.9 Å². The number of carbonyl (C=O) groups excluding carboxylic acids is 2. The number of carboxylic acid groups (broad SMARTS) is 1. The first-order valence-corrected chi connectivity index (χ1v) is 12.8. The molecule has 1 spiro atoms. The summed E-state index contributed by atoms with van der Waals surface area (Å²) in [5.74, 6) is -2.79. The molecule has 0 aromatic heterocycles. The van der Waals surface area contributed by atoms with Gasteiger partial charge in [0.1, 0.15) is 11.8 Å². The highest BCUT2D eigenvalue weighted by Gasteiger charge is 2.78. The van der Waals surface area contributed by atoms with Crippen molar-refractivity contribution in [2.45, 2.75) is 55.2 Å². The Kier molecular flexibility index (Phi) is 6.70. The summed E-state index contributed by atoms with van der Waals surface area (Å²) < 4.78 is 3.77. The second-order valence-electron chi connectivity index (χ2n) is 10.2. The van der Waals surface area contributed by atoms with Crippen LogP contribution >= 0.6 is 11.8 Å². The Morgan fingerprint density at radius 3 is 2.49 bits per heavy atom. The van der Waals surface area contributed by atoms with Crippen LogP contribution in [0.5, 0.6) is 5.75 Å². The normalized spacial score (nSPS) is 32.0. The summed E-state index contributed by atoms with van der Waals surface area (Å²) in [6, 6.07) is 5.60. The van der Waals surface area contributed by atoms with E-state index in [1.165, 1.54) is 16.7 Å². The van der Waals surface area contributed by atoms with E-state index in [9.17, 15) is 24.6 Å². The second kappa shape index (κ2) is 9.17. The number of fused-ring (bicyclic) bond motifs is 1. The first kappa shape index (κ1) is 25.6. The van der Waals surface area contributed by atoms with Crippen molar-refractivity contribution in [2.75, 3.05) is 25.2 Å². The molecule has 3 saturated heterocycles. The van der Waals surface area contributed by atoms with Crippen molar-refractivity contribution >= 4 is 35.2 Å². The number of methoxy groups -OCH3 is 1. The number of aliphatic hydroxyl groups excluding tert-OH is 1. The number of anilines is 1. The fourth-order valence-electron chi connectivity index (χ4n) is 6.36. The number of carbonyl (C=O) groups is 3. The molecule has 0 radical (unpaired) electrons. The first-order valence-electron chi connectivity index (χ1n) is 12.0. The average molecular weight is 503 g/mol. The minimum Gasteiger partial charge on any atom is -0.497 e. The van der Waals surface area contributed by atoms with E-state index < -0.39 is 39.4 Å². The molecule has 9 heteroatoms. The molecule has 2 amide bonds. The van der Waals surface area contributed by atoms with Crippen LogP contribution < -0.4 is 9.64 Å². The highest BCUT2D eigenvalue weighted by molar-refractivity contribution is 8.02. The molecule has 4 rings (SSSR count). The molecule has 0 saturated carbocycles. The van der Waals surface area contributed by atoms with Gasteiger partial charge in [-0.25, -0.2) is 0 Å². The quantitative estimate of drug-likeness (QED) is 0.500. The number of ether oxygens (including phenoxy) is 1. The number of hydrogen-bond acceptors (Lipinski definition) is 6. The Morgan fingerprint density at radius 2 is 1.97 bits per heavy atom. The summed E-state index contributed by atoms with van der Waals surface area (Å²) in [6.45, 7) is 9.43. The van der Waals surface area contributed by atoms with Gasteiger partial charge in [-0.05, 0) is 49.9 Å². The van der Waals surface area contributed by atoms with E-state index in [1.54, 1.807) is 42.4 Å². The van der Waals surface area contributed by atoms with E-state index >= 15 is 0 Å². The zero-order chi connectivity index (χ0) is 25.7. The maximum atomic E-state index is 14.4. The fourth-order valence-corrected chi connectivity index (χ4v) is 8.69. The van der Waals surface area contributed by atoms with E-state index in [2.05, 4.69) is 6.58 Å². The molecule has 190 valence electrons. The van der Waals surface area contributed by atoms with Gasteiger partial charge in [0.25, 0.3) is 5.91 Å². The van der Waals surface area contributed by atoms with Gasteiger partial charge in [0.2, 0.25) is 5.91 Å². The number of nitrogens with zero attached hydrogens (tertiary/aromatic N) is 2. The van der Waals surface area contributed by atoms with Crippen molar-refractivity contribution in [3.63, 3.8) is 0 Å². The van der Waals surface area contributed by atoms with Crippen LogP contribution in [0.2, 0.25) is 0 Å². The summed E-state index contributed by atoms with van der Waals surface area (Å²) in [7, 11) is 1.57. The largest absolute Gasteiger partial charge is 0.497 e. The minimum absolute atomic E-state index is 0.121. The molecule has 6 atom stereocenters. The van der Waals surface area contributed by atoms with Crippen LogP contribution in [-0.2, 0) is 14.4 Å². The van der Waals surface area contributed by atoms with Gasteiger partial charge in [-0.15, -0.1) is 18.3 Å². The van der Waals surface area contributed by atoms with Gasteiger partial charge in [0.15, 0.2) is 0 Å². The van der Waals surface area contributed by atoms with Crippen LogP contribution in [0.25, 0.3) is 0 Å². The van der Waals surface area contributed by atoms with Crippen molar-refractivity contribution < 1.29 is 29.3 Å². The van der Waals surface area contributed by atoms with Gasteiger partial charge in [-0.3, -0.25) is 14.4 Å². The molecule has 1 aromatic carbocycles. The molecule has 2 unspecified atom stereocenters. The molecule has 3 heterocycles. The van der Waals surface area contributed by atoms with E-state index in [4.69, 9.17) is 4.74 Å². The second-order valence-corrected chi connectivity index (χ2v) is 12.1. The number of aliphatic hydroxyl groups is 1. The number of hydrogen-bond donors (Lipinski definition) is 2. The number of amides is 2. The lowest BCUT2D eigenvalue weighted by molar-refractivity contribution is -0.151. The van der Waals surface area contributed by atoms with E-state index in [0.717, 1.165) is 0 Å². The lowest BCUT2D eigenvalue weighted by Gasteiger charge is -2.40. The van der Waals surface area contributed by atoms with Crippen molar-refractivity contribution in [3.05, 3.63) is 36.9 Å². The van der Waals surface area contributed by atoms with Crippen LogP contribution in [0.1, 0.15) is 33.6 Å². The van der Waals surface area contributed by atoms with Gasteiger partial charge in [-0.1, -0.05) is 19.9 Å². The highest BCUT2D eigenvalue weighted by atomic mass is 32.2. The summed E-state index contributed by atoms with van der Waals surface area (Å²) >= 11 is 1.49. The Labute approximate surface area is 210 Å². The maximum Gasteiger partial charge on any atom is 0.308 e. The highest BCUT2D eigenvalue weighted by Crippen LogP contribution is 2.71. The van der Waals surface area contributed by atoms with Crippen molar-refractivity contribution in [2.24, 2.45) is 17.8 Å². The zero-order valence-corrected chi connectivity index (χ0v) is 21.5. The minimum atomic E-state index is -1.00. The van der Waals surface area contributed by atoms with Crippen molar-refractivity contribution in [1.82, 2.24) is 4.90 Å². The predicted octanol–water partition coefficient (Wildman–Crippen LogP) is 2.80. The van der Waals surface area contributed by atoms with Crippen LogP contribution in [0.4, 0.5) is 5.69 Å². The molecule has 3 aliphatic rings. The molecule has 2 N–H and O–H groups in total.